The van der Waals surface area contributed by atoms with Crippen LogP contribution < -0.4 is 22.1 Å². The number of carbonyl (C=O) groups excluding carboxylic acids is 2. The van der Waals surface area contributed by atoms with Gasteiger partial charge in [0.25, 0.3) is 0 Å². The molecule has 0 rings (SSSR count). The van der Waals surface area contributed by atoms with Crippen molar-refractivity contribution in [1.82, 2.24) is 10.6 Å². The maximum atomic E-state index is 11.5. The number of carbonyl (C=O) groups is 3. The van der Waals surface area contributed by atoms with E-state index in [1.807, 2.05) is 0 Å². The van der Waals surface area contributed by atoms with Crippen LogP contribution >= 0.6 is 12.6 Å². The molecule has 2 atom stereocenters. The quantitative estimate of drug-likeness (QED) is 0.268. The Balaban J connectivity index is 4.17. The lowest BCUT2D eigenvalue weighted by atomic mass is 10.2. The van der Waals surface area contributed by atoms with Crippen LogP contribution in [0.5, 0.6) is 0 Å². The summed E-state index contributed by atoms with van der Waals surface area (Å²) in [5, 5.41) is 13.1. The lowest BCUT2D eigenvalue weighted by Gasteiger charge is -2.16. The zero-order valence-electron chi connectivity index (χ0n) is 9.05. The van der Waals surface area contributed by atoms with E-state index in [0.29, 0.717) is 0 Å². The Bertz CT molecular complexity index is 299. The van der Waals surface area contributed by atoms with E-state index in [2.05, 4.69) is 23.3 Å². The molecule has 2 amide bonds. The molecule has 0 aliphatic carbocycles. The van der Waals surface area contributed by atoms with E-state index in [0.717, 1.165) is 0 Å². The van der Waals surface area contributed by atoms with Crippen LogP contribution in [0.2, 0.25) is 0 Å². The van der Waals surface area contributed by atoms with Gasteiger partial charge < -0.3 is 27.2 Å². The second-order valence-corrected chi connectivity index (χ2v) is 3.56. The molecule has 0 bridgehead atoms. The minimum Gasteiger partial charge on any atom is -0.480 e. The lowest BCUT2D eigenvalue weighted by molar-refractivity contribution is -0.138. The van der Waals surface area contributed by atoms with Gasteiger partial charge in [0.1, 0.15) is 12.1 Å². The summed E-state index contributed by atoms with van der Waals surface area (Å²) >= 11 is 3.89. The fraction of sp³-hybridized carbons (Fsp3) is 0.625. The van der Waals surface area contributed by atoms with E-state index in [9.17, 15) is 14.4 Å². The predicted molar refractivity (Wildman–Crippen MR) is 63.5 cm³/mol. The molecule has 0 heterocycles. The van der Waals surface area contributed by atoms with Gasteiger partial charge in [-0.15, -0.1) is 0 Å². The number of amides is 2. The summed E-state index contributed by atoms with van der Waals surface area (Å²) < 4.78 is 0. The van der Waals surface area contributed by atoms with E-state index < -0.39 is 29.9 Å². The van der Waals surface area contributed by atoms with Gasteiger partial charge in [0.15, 0.2) is 0 Å². The van der Waals surface area contributed by atoms with Crippen molar-refractivity contribution in [1.29, 1.82) is 0 Å². The third kappa shape index (κ3) is 6.09. The van der Waals surface area contributed by atoms with Crippen molar-refractivity contribution in [2.24, 2.45) is 11.5 Å². The van der Waals surface area contributed by atoms with Crippen molar-refractivity contribution in [2.75, 3.05) is 18.8 Å². The number of rotatable bonds is 7. The van der Waals surface area contributed by atoms with Crippen LogP contribution in [0.25, 0.3) is 0 Å². The first kappa shape index (κ1) is 15.7. The van der Waals surface area contributed by atoms with E-state index in [1.165, 1.54) is 0 Å². The molecule has 0 unspecified atom stereocenters. The Hall–Kier alpha value is -1.32. The van der Waals surface area contributed by atoms with Crippen molar-refractivity contribution in [3.05, 3.63) is 0 Å². The average molecular weight is 264 g/mol. The molecule has 0 radical (unpaired) electrons. The van der Waals surface area contributed by atoms with Crippen LogP contribution in [0.15, 0.2) is 0 Å². The summed E-state index contributed by atoms with van der Waals surface area (Å²) in [6.45, 7) is -0.469. The van der Waals surface area contributed by atoms with Gasteiger partial charge in [0.05, 0.1) is 6.54 Å². The Kier molecular flexibility index (Phi) is 7.26. The molecule has 0 aromatic rings. The number of hydrogen-bond donors (Lipinski definition) is 6. The monoisotopic (exact) mass is 264 g/mol. The van der Waals surface area contributed by atoms with Gasteiger partial charge in [-0.25, -0.2) is 0 Å². The minimum atomic E-state index is -1.22. The van der Waals surface area contributed by atoms with Crippen LogP contribution in [-0.2, 0) is 14.4 Å². The molecule has 7 N–H and O–H groups in total. The van der Waals surface area contributed by atoms with Gasteiger partial charge in [-0.3, -0.25) is 14.4 Å². The van der Waals surface area contributed by atoms with Gasteiger partial charge in [0, 0.05) is 12.3 Å². The van der Waals surface area contributed by atoms with E-state index >= 15 is 0 Å². The molecular weight excluding hydrogens is 248 g/mol. The van der Waals surface area contributed by atoms with Crippen molar-refractivity contribution in [2.45, 2.75) is 12.1 Å². The maximum Gasteiger partial charge on any atom is 0.322 e. The summed E-state index contributed by atoms with van der Waals surface area (Å²) in [5.41, 5.74) is 10.3. The molecule has 8 nitrogen and oxygen atoms in total. The van der Waals surface area contributed by atoms with Gasteiger partial charge in [0.2, 0.25) is 11.8 Å². The Morgan fingerprint density at radius 3 is 2.35 bits per heavy atom. The molecule has 9 heteroatoms. The van der Waals surface area contributed by atoms with Crippen LogP contribution in [0.3, 0.4) is 0 Å². The summed E-state index contributed by atoms with van der Waals surface area (Å²) in [6, 6.07) is -2.06. The zero-order chi connectivity index (χ0) is 13.4. The number of thiol groups is 1. The van der Waals surface area contributed by atoms with Crippen molar-refractivity contribution in [3.63, 3.8) is 0 Å². The molecule has 17 heavy (non-hydrogen) atoms. The molecular formula is C8H16N4O4S. The summed E-state index contributed by atoms with van der Waals surface area (Å²) in [5.74, 6) is -2.21. The third-order valence-electron chi connectivity index (χ3n) is 1.83. The summed E-state index contributed by atoms with van der Waals surface area (Å²) in [4.78, 5) is 32.8. The van der Waals surface area contributed by atoms with Gasteiger partial charge >= 0.3 is 5.97 Å². The summed E-state index contributed by atoms with van der Waals surface area (Å²) in [6.07, 6.45) is 0. The highest BCUT2D eigenvalue weighted by Crippen LogP contribution is 1.89. The molecule has 0 saturated carbocycles. The highest BCUT2D eigenvalue weighted by atomic mass is 32.1. The number of nitrogens with one attached hydrogen (secondary N) is 2. The zero-order valence-corrected chi connectivity index (χ0v) is 9.94. The van der Waals surface area contributed by atoms with Crippen LogP contribution in [-0.4, -0.2) is 53.8 Å². The molecule has 0 aliphatic heterocycles. The number of nitrogens with two attached hydrogens (primary N) is 2. The molecule has 0 aliphatic rings. The average Bonchev–Trinajstić information content (AvgIpc) is 2.31. The number of carboxylic acid groups (broad SMARTS) is 1. The fourth-order valence-corrected chi connectivity index (χ4v) is 1.13. The van der Waals surface area contributed by atoms with E-state index in [4.69, 9.17) is 16.6 Å². The van der Waals surface area contributed by atoms with Gasteiger partial charge in [-0.2, -0.15) is 12.6 Å². The lowest BCUT2D eigenvalue weighted by Crippen LogP contribution is -2.52. The maximum absolute atomic E-state index is 11.5. The number of hydrogen-bond acceptors (Lipinski definition) is 6. The van der Waals surface area contributed by atoms with Crippen LogP contribution in [0, 0.1) is 0 Å². The molecule has 0 spiro atoms. The predicted octanol–water partition coefficient (Wildman–Crippen LogP) is -3.11. The third-order valence-corrected chi connectivity index (χ3v) is 2.20. The molecule has 0 fully saturated rings. The van der Waals surface area contributed by atoms with Crippen LogP contribution in [0.4, 0.5) is 0 Å². The van der Waals surface area contributed by atoms with Crippen LogP contribution in [0.1, 0.15) is 0 Å². The molecule has 0 aromatic carbocycles. The highest BCUT2D eigenvalue weighted by molar-refractivity contribution is 7.80. The first-order chi connectivity index (χ1) is 7.92. The second-order valence-electron chi connectivity index (χ2n) is 3.20. The Morgan fingerprint density at radius 1 is 1.35 bits per heavy atom. The number of aliphatic carboxylic acids is 1. The largest absolute Gasteiger partial charge is 0.480 e. The molecule has 98 valence electrons. The standard InChI is InChI=1S/C8H16N4O4S/c9-1-6(13)12-5(3-17)7(14)11-2-4(10)8(15)16/h4-5,17H,1-3,9-10H2,(H,11,14)(H,12,13)(H,15,16)/t4-,5-/m0/s1. The normalized spacial score (nSPS) is 13.6. The Labute approximate surface area is 104 Å². The second kappa shape index (κ2) is 7.87. The first-order valence-corrected chi connectivity index (χ1v) is 5.42. The Morgan fingerprint density at radius 2 is 1.94 bits per heavy atom. The van der Waals surface area contributed by atoms with Gasteiger partial charge in [-0.1, -0.05) is 0 Å². The first-order valence-electron chi connectivity index (χ1n) is 4.78. The van der Waals surface area contributed by atoms with Crippen molar-refractivity contribution >= 4 is 30.4 Å². The highest BCUT2D eigenvalue weighted by Gasteiger charge is 2.20. The molecule has 0 aromatic heterocycles. The van der Waals surface area contributed by atoms with E-state index in [1.54, 1.807) is 0 Å². The van der Waals surface area contributed by atoms with Crippen molar-refractivity contribution < 1.29 is 19.5 Å². The van der Waals surface area contributed by atoms with Crippen molar-refractivity contribution in [3.8, 4) is 0 Å². The smallest absolute Gasteiger partial charge is 0.322 e. The van der Waals surface area contributed by atoms with E-state index in [-0.39, 0.29) is 18.8 Å². The van der Waals surface area contributed by atoms with Gasteiger partial charge in [-0.05, 0) is 0 Å². The number of carboxylic acids is 1. The summed E-state index contributed by atoms with van der Waals surface area (Å²) in [7, 11) is 0. The minimum absolute atomic E-state index is 0.0693. The topological polar surface area (TPSA) is 148 Å². The molecule has 0 saturated heterocycles. The fourth-order valence-electron chi connectivity index (χ4n) is 0.868. The SMILES string of the molecule is NCC(=O)N[C@@H](CS)C(=O)NC[C@H](N)C(=O)O.